The molecule has 1 rings (SSSR count). The highest BCUT2D eigenvalue weighted by atomic mass is 16.6. The van der Waals surface area contributed by atoms with E-state index >= 15 is 0 Å². The van der Waals surface area contributed by atoms with E-state index in [2.05, 4.69) is 5.32 Å². The number of amides is 3. The first-order valence-electron chi connectivity index (χ1n) is 8.23. The highest BCUT2D eigenvalue weighted by molar-refractivity contribution is 5.82. The topological polar surface area (TPSA) is 97.4 Å². The minimum atomic E-state index is -0.797. The number of piperazine rings is 1. The Kier molecular flexibility index (Phi) is 8.11. The number of alkyl carbamates (subject to hydrolysis) is 1. The summed E-state index contributed by atoms with van der Waals surface area (Å²) in [5.41, 5.74) is -0.609. The van der Waals surface area contributed by atoms with Gasteiger partial charge in [0.15, 0.2) is 6.10 Å². The molecule has 144 valence electrons. The van der Waals surface area contributed by atoms with E-state index < -0.39 is 17.8 Å². The molecule has 1 saturated heterocycles. The first kappa shape index (κ1) is 21.2. The van der Waals surface area contributed by atoms with Gasteiger partial charge in [-0.1, -0.05) is 0 Å². The Morgan fingerprint density at radius 1 is 1.04 bits per heavy atom. The van der Waals surface area contributed by atoms with Gasteiger partial charge in [0.25, 0.3) is 5.91 Å². The minimum absolute atomic E-state index is 0.0209. The van der Waals surface area contributed by atoms with Crippen LogP contribution in [0.25, 0.3) is 0 Å². The molecule has 0 aliphatic carbocycles. The molecule has 1 aliphatic heterocycles. The van der Waals surface area contributed by atoms with Crippen molar-refractivity contribution >= 4 is 17.9 Å². The summed E-state index contributed by atoms with van der Waals surface area (Å²) in [5, 5.41) is 2.54. The number of nitrogens with one attached hydrogen (secondary N) is 1. The van der Waals surface area contributed by atoms with Crippen LogP contribution in [0.15, 0.2) is 0 Å². The molecule has 1 heterocycles. The van der Waals surface area contributed by atoms with Crippen LogP contribution in [-0.2, 0) is 23.8 Å². The number of carbonyl (C=O) groups is 3. The number of ether oxygens (including phenoxy) is 3. The second kappa shape index (κ2) is 9.57. The van der Waals surface area contributed by atoms with Gasteiger partial charge in [-0.3, -0.25) is 9.59 Å². The third kappa shape index (κ3) is 7.27. The zero-order valence-corrected chi connectivity index (χ0v) is 15.7. The van der Waals surface area contributed by atoms with E-state index in [4.69, 9.17) is 14.2 Å². The number of carbonyl (C=O) groups excluding carboxylic acids is 3. The molecule has 0 radical (unpaired) electrons. The second-order valence-electron chi connectivity index (χ2n) is 6.75. The van der Waals surface area contributed by atoms with E-state index in [1.54, 1.807) is 30.6 Å². The Hall–Kier alpha value is -1.87. The normalized spacial score (nSPS) is 16.4. The molecule has 1 aliphatic rings. The van der Waals surface area contributed by atoms with E-state index in [1.165, 1.54) is 14.2 Å². The average Bonchev–Trinajstić information content (AvgIpc) is 2.54. The predicted octanol–water partition coefficient (Wildman–Crippen LogP) is -0.157. The van der Waals surface area contributed by atoms with E-state index in [0.717, 1.165) is 0 Å². The van der Waals surface area contributed by atoms with Crippen molar-refractivity contribution in [1.82, 2.24) is 15.1 Å². The summed E-state index contributed by atoms with van der Waals surface area (Å²) in [5.74, 6) is -0.318. The highest BCUT2D eigenvalue weighted by Gasteiger charge is 2.29. The SMILES string of the molecule is COCC(=O)N1CCN(C(=O)[C@H](CNC(=O)OC(C)(C)C)OC)CC1. The van der Waals surface area contributed by atoms with Crippen molar-refractivity contribution in [2.24, 2.45) is 0 Å². The van der Waals surface area contributed by atoms with Gasteiger partial charge in [0.2, 0.25) is 5.91 Å². The lowest BCUT2D eigenvalue weighted by Gasteiger charge is -2.36. The van der Waals surface area contributed by atoms with Crippen molar-refractivity contribution in [1.29, 1.82) is 0 Å². The van der Waals surface area contributed by atoms with Crippen LogP contribution in [-0.4, -0.2) is 93.0 Å². The van der Waals surface area contributed by atoms with Crippen LogP contribution in [0.5, 0.6) is 0 Å². The number of rotatable bonds is 6. The summed E-state index contributed by atoms with van der Waals surface area (Å²) in [6, 6.07) is 0. The van der Waals surface area contributed by atoms with E-state index in [0.29, 0.717) is 26.2 Å². The molecule has 25 heavy (non-hydrogen) atoms. The van der Waals surface area contributed by atoms with Gasteiger partial charge in [0.1, 0.15) is 12.2 Å². The summed E-state index contributed by atoms with van der Waals surface area (Å²) in [7, 11) is 2.89. The molecule has 0 saturated carbocycles. The van der Waals surface area contributed by atoms with Crippen molar-refractivity contribution in [2.75, 3.05) is 53.6 Å². The minimum Gasteiger partial charge on any atom is -0.444 e. The summed E-state index contributed by atoms with van der Waals surface area (Å²) >= 11 is 0. The maximum Gasteiger partial charge on any atom is 0.407 e. The Morgan fingerprint density at radius 3 is 2.08 bits per heavy atom. The molecule has 1 fully saturated rings. The molecular weight excluding hydrogens is 330 g/mol. The molecule has 0 aromatic heterocycles. The summed E-state index contributed by atoms with van der Waals surface area (Å²) in [4.78, 5) is 39.3. The van der Waals surface area contributed by atoms with Crippen LogP contribution in [0.3, 0.4) is 0 Å². The third-order valence-corrected chi connectivity index (χ3v) is 3.60. The summed E-state index contributed by atoms with van der Waals surface area (Å²) in [6.07, 6.45) is -1.40. The molecule has 0 unspecified atom stereocenters. The lowest BCUT2D eigenvalue weighted by molar-refractivity contribution is -0.147. The molecule has 1 atom stereocenters. The van der Waals surface area contributed by atoms with Gasteiger partial charge in [-0.2, -0.15) is 0 Å². The monoisotopic (exact) mass is 359 g/mol. The van der Waals surface area contributed by atoms with Crippen LogP contribution >= 0.6 is 0 Å². The number of hydrogen-bond donors (Lipinski definition) is 1. The van der Waals surface area contributed by atoms with Crippen molar-refractivity contribution in [3.8, 4) is 0 Å². The smallest absolute Gasteiger partial charge is 0.407 e. The van der Waals surface area contributed by atoms with E-state index in [1.807, 2.05) is 0 Å². The van der Waals surface area contributed by atoms with Gasteiger partial charge in [0, 0.05) is 40.4 Å². The Morgan fingerprint density at radius 2 is 1.60 bits per heavy atom. The van der Waals surface area contributed by atoms with Gasteiger partial charge >= 0.3 is 6.09 Å². The predicted molar refractivity (Wildman–Crippen MR) is 90.1 cm³/mol. The lowest BCUT2D eigenvalue weighted by atomic mass is 10.2. The van der Waals surface area contributed by atoms with Crippen LogP contribution in [0.1, 0.15) is 20.8 Å². The van der Waals surface area contributed by atoms with Crippen LogP contribution in [0, 0.1) is 0 Å². The van der Waals surface area contributed by atoms with Crippen molar-refractivity contribution < 1.29 is 28.6 Å². The Labute approximate surface area is 148 Å². The zero-order chi connectivity index (χ0) is 19.0. The first-order chi connectivity index (χ1) is 11.7. The van der Waals surface area contributed by atoms with E-state index in [9.17, 15) is 14.4 Å². The summed E-state index contributed by atoms with van der Waals surface area (Å²) in [6.45, 7) is 7.07. The van der Waals surface area contributed by atoms with Gasteiger partial charge < -0.3 is 29.3 Å². The fraction of sp³-hybridized carbons (Fsp3) is 0.812. The molecular formula is C16H29N3O6. The summed E-state index contributed by atoms with van der Waals surface area (Å²) < 4.78 is 15.2. The Bertz CT molecular complexity index is 469. The number of methoxy groups -OCH3 is 2. The largest absolute Gasteiger partial charge is 0.444 e. The molecule has 9 heteroatoms. The first-order valence-corrected chi connectivity index (χ1v) is 8.23. The van der Waals surface area contributed by atoms with Gasteiger partial charge in [-0.25, -0.2) is 4.79 Å². The molecule has 1 N–H and O–H groups in total. The Balaban J connectivity index is 2.46. The van der Waals surface area contributed by atoms with Gasteiger partial charge in [0.05, 0.1) is 6.54 Å². The average molecular weight is 359 g/mol. The number of hydrogen-bond acceptors (Lipinski definition) is 6. The van der Waals surface area contributed by atoms with Crippen LogP contribution in [0.2, 0.25) is 0 Å². The molecule has 0 aromatic carbocycles. The molecule has 0 spiro atoms. The van der Waals surface area contributed by atoms with E-state index in [-0.39, 0.29) is 25.0 Å². The maximum atomic E-state index is 12.5. The fourth-order valence-corrected chi connectivity index (χ4v) is 2.36. The maximum absolute atomic E-state index is 12.5. The highest BCUT2D eigenvalue weighted by Crippen LogP contribution is 2.08. The molecule has 9 nitrogen and oxygen atoms in total. The van der Waals surface area contributed by atoms with Crippen LogP contribution in [0.4, 0.5) is 4.79 Å². The van der Waals surface area contributed by atoms with Gasteiger partial charge in [-0.05, 0) is 20.8 Å². The van der Waals surface area contributed by atoms with Crippen molar-refractivity contribution in [3.63, 3.8) is 0 Å². The second-order valence-corrected chi connectivity index (χ2v) is 6.75. The van der Waals surface area contributed by atoms with Crippen LogP contribution < -0.4 is 5.32 Å². The van der Waals surface area contributed by atoms with Gasteiger partial charge in [-0.15, -0.1) is 0 Å². The quantitative estimate of drug-likeness (QED) is 0.708. The van der Waals surface area contributed by atoms with Crippen molar-refractivity contribution in [2.45, 2.75) is 32.5 Å². The molecule has 0 bridgehead atoms. The standard InChI is InChI=1S/C16H29N3O6/c1-16(2,3)25-15(22)17-10-12(24-5)14(21)19-8-6-18(7-9-19)13(20)11-23-4/h12H,6-11H2,1-5H3,(H,17,22)/t12-/m0/s1. The zero-order valence-electron chi connectivity index (χ0n) is 15.7. The third-order valence-electron chi connectivity index (χ3n) is 3.60. The number of nitrogens with zero attached hydrogens (tertiary/aromatic N) is 2. The fourth-order valence-electron chi connectivity index (χ4n) is 2.36. The molecule has 3 amide bonds. The lowest BCUT2D eigenvalue weighted by Crippen LogP contribution is -2.55. The molecule has 0 aromatic rings. The van der Waals surface area contributed by atoms with Crippen molar-refractivity contribution in [3.05, 3.63) is 0 Å².